The van der Waals surface area contributed by atoms with Gasteiger partial charge in [0.15, 0.2) is 0 Å². The molecule has 1 aliphatic carbocycles. The Bertz CT molecular complexity index is 611. The van der Waals surface area contributed by atoms with Crippen LogP contribution in [0.4, 0.5) is 4.39 Å². The summed E-state index contributed by atoms with van der Waals surface area (Å²) in [5, 5.41) is 2.86. The van der Waals surface area contributed by atoms with Crippen LogP contribution in [0.3, 0.4) is 0 Å². The van der Waals surface area contributed by atoms with Crippen molar-refractivity contribution in [2.75, 3.05) is 0 Å². The summed E-state index contributed by atoms with van der Waals surface area (Å²) in [6.07, 6.45) is 5.82. The van der Waals surface area contributed by atoms with Gasteiger partial charge in [-0.2, -0.15) is 0 Å². The van der Waals surface area contributed by atoms with Crippen LogP contribution < -0.4 is 5.32 Å². The summed E-state index contributed by atoms with van der Waals surface area (Å²) in [5.74, 6) is -0.617. The molecule has 1 aromatic carbocycles. The molecule has 1 heterocycles. The Labute approximate surface area is 109 Å². The third-order valence-corrected chi connectivity index (χ3v) is 3.29. The van der Waals surface area contributed by atoms with Crippen LogP contribution in [0.2, 0.25) is 0 Å². The molecule has 4 nitrogen and oxygen atoms in total. The predicted octanol–water partition coefficient (Wildman–Crippen LogP) is 2.03. The normalized spacial score (nSPS) is 15.8. The number of carbonyl (C=O) groups is 1. The van der Waals surface area contributed by atoms with E-state index in [-0.39, 0.29) is 17.4 Å². The zero-order valence-electron chi connectivity index (χ0n) is 10.1. The summed E-state index contributed by atoms with van der Waals surface area (Å²) in [4.78, 5) is 19.8. The van der Waals surface area contributed by atoms with Crippen molar-refractivity contribution >= 4 is 5.91 Å². The molecule has 1 amide bonds. The summed E-state index contributed by atoms with van der Waals surface area (Å²) >= 11 is 0. The number of benzene rings is 1. The molecule has 2 aromatic rings. The lowest BCUT2D eigenvalue weighted by molar-refractivity contribution is 0.0924. The van der Waals surface area contributed by atoms with Crippen molar-refractivity contribution in [1.82, 2.24) is 15.3 Å². The molecule has 1 N–H and O–H groups in total. The fraction of sp³-hybridized carbons (Fsp3) is 0.214. The molecule has 1 aromatic heterocycles. The minimum absolute atomic E-state index is 0.241. The van der Waals surface area contributed by atoms with Crippen molar-refractivity contribution in [2.45, 2.75) is 18.4 Å². The van der Waals surface area contributed by atoms with Gasteiger partial charge in [0, 0.05) is 18.0 Å². The Morgan fingerprint density at radius 2 is 2.05 bits per heavy atom. The molecule has 0 aliphatic heterocycles. The van der Waals surface area contributed by atoms with Gasteiger partial charge in [-0.25, -0.2) is 9.37 Å². The van der Waals surface area contributed by atoms with Crippen LogP contribution >= 0.6 is 0 Å². The first-order valence-corrected chi connectivity index (χ1v) is 6.05. The molecule has 5 heteroatoms. The highest BCUT2D eigenvalue weighted by Crippen LogP contribution is 2.46. The summed E-state index contributed by atoms with van der Waals surface area (Å²) in [5.41, 5.74) is 0.192. The van der Waals surface area contributed by atoms with Gasteiger partial charge in [-0.05, 0) is 18.9 Å². The fourth-order valence-corrected chi connectivity index (χ4v) is 2.13. The maximum Gasteiger partial charge on any atom is 0.272 e. The first-order chi connectivity index (χ1) is 9.21. The van der Waals surface area contributed by atoms with E-state index >= 15 is 0 Å². The molecule has 0 spiro atoms. The molecule has 3 rings (SSSR count). The van der Waals surface area contributed by atoms with Crippen molar-refractivity contribution in [3.05, 3.63) is 59.9 Å². The first-order valence-electron chi connectivity index (χ1n) is 6.05. The van der Waals surface area contributed by atoms with Crippen molar-refractivity contribution in [1.29, 1.82) is 0 Å². The molecule has 1 fully saturated rings. The summed E-state index contributed by atoms with van der Waals surface area (Å²) in [7, 11) is 0. The van der Waals surface area contributed by atoms with E-state index in [1.54, 1.807) is 18.2 Å². The van der Waals surface area contributed by atoms with Crippen LogP contribution in [-0.4, -0.2) is 15.9 Å². The Morgan fingerprint density at radius 1 is 1.26 bits per heavy atom. The number of nitrogens with one attached hydrogen (secondary N) is 1. The minimum atomic E-state index is -0.583. The van der Waals surface area contributed by atoms with E-state index in [4.69, 9.17) is 0 Å². The molecule has 96 valence electrons. The lowest BCUT2D eigenvalue weighted by Gasteiger charge is -2.18. The van der Waals surface area contributed by atoms with Crippen molar-refractivity contribution < 1.29 is 9.18 Å². The third kappa shape index (κ3) is 2.19. The van der Waals surface area contributed by atoms with E-state index in [0.29, 0.717) is 5.56 Å². The molecule has 0 atom stereocenters. The highest BCUT2D eigenvalue weighted by Gasteiger charge is 2.47. The monoisotopic (exact) mass is 257 g/mol. The average molecular weight is 257 g/mol. The highest BCUT2D eigenvalue weighted by molar-refractivity contribution is 5.92. The molecule has 1 aliphatic rings. The van der Waals surface area contributed by atoms with Crippen LogP contribution in [0.25, 0.3) is 0 Å². The minimum Gasteiger partial charge on any atom is -0.341 e. The molecule has 19 heavy (non-hydrogen) atoms. The van der Waals surface area contributed by atoms with Gasteiger partial charge in [-0.1, -0.05) is 18.2 Å². The van der Waals surface area contributed by atoms with E-state index in [1.807, 2.05) is 0 Å². The lowest BCUT2D eigenvalue weighted by atomic mass is 10.0. The lowest BCUT2D eigenvalue weighted by Crippen LogP contribution is -2.36. The van der Waals surface area contributed by atoms with Gasteiger partial charge in [0.2, 0.25) is 0 Å². The maximum atomic E-state index is 13.8. The van der Waals surface area contributed by atoms with E-state index in [9.17, 15) is 9.18 Å². The molecule has 1 saturated carbocycles. The largest absolute Gasteiger partial charge is 0.341 e. The third-order valence-electron chi connectivity index (χ3n) is 3.29. The molecule has 0 bridgehead atoms. The molecule has 0 saturated heterocycles. The second-order valence-electron chi connectivity index (χ2n) is 4.61. The zero-order valence-corrected chi connectivity index (χ0v) is 10.1. The standard InChI is InChI=1S/C14H12FN3O/c15-11-4-2-1-3-10(11)14(5-6-14)18-13(19)12-9-16-7-8-17-12/h1-4,7-9H,5-6H2,(H,18,19). The van der Waals surface area contributed by atoms with Gasteiger partial charge in [0.25, 0.3) is 5.91 Å². The van der Waals surface area contributed by atoms with Crippen molar-refractivity contribution in [2.24, 2.45) is 0 Å². The SMILES string of the molecule is O=C(NC1(c2ccccc2F)CC1)c1cnccn1. The number of hydrogen-bond acceptors (Lipinski definition) is 3. The van der Waals surface area contributed by atoms with Gasteiger partial charge >= 0.3 is 0 Å². The van der Waals surface area contributed by atoms with Crippen LogP contribution in [0.1, 0.15) is 28.9 Å². The van der Waals surface area contributed by atoms with Crippen LogP contribution in [0.15, 0.2) is 42.9 Å². The Morgan fingerprint density at radius 3 is 2.68 bits per heavy atom. The first kappa shape index (κ1) is 11.8. The van der Waals surface area contributed by atoms with Gasteiger partial charge < -0.3 is 5.32 Å². The zero-order chi connectivity index (χ0) is 13.3. The van der Waals surface area contributed by atoms with Gasteiger partial charge in [0.05, 0.1) is 11.7 Å². The second-order valence-corrected chi connectivity index (χ2v) is 4.61. The van der Waals surface area contributed by atoms with Crippen LogP contribution in [0.5, 0.6) is 0 Å². The fourth-order valence-electron chi connectivity index (χ4n) is 2.13. The average Bonchev–Trinajstić information content (AvgIpc) is 3.21. The molecular weight excluding hydrogens is 245 g/mol. The van der Waals surface area contributed by atoms with Gasteiger partial charge in [-0.3, -0.25) is 9.78 Å². The van der Waals surface area contributed by atoms with Gasteiger partial charge in [-0.15, -0.1) is 0 Å². The van der Waals surface area contributed by atoms with Crippen LogP contribution in [0, 0.1) is 5.82 Å². The maximum absolute atomic E-state index is 13.8. The van der Waals surface area contributed by atoms with E-state index in [2.05, 4.69) is 15.3 Å². The number of aromatic nitrogens is 2. The van der Waals surface area contributed by atoms with Crippen molar-refractivity contribution in [3.63, 3.8) is 0 Å². The molecule has 0 unspecified atom stereocenters. The number of nitrogens with zero attached hydrogens (tertiary/aromatic N) is 2. The van der Waals surface area contributed by atoms with Gasteiger partial charge in [0.1, 0.15) is 11.5 Å². The smallest absolute Gasteiger partial charge is 0.272 e. The molecule has 0 radical (unpaired) electrons. The number of rotatable bonds is 3. The van der Waals surface area contributed by atoms with Crippen molar-refractivity contribution in [3.8, 4) is 0 Å². The number of halogens is 1. The predicted molar refractivity (Wildman–Crippen MR) is 66.8 cm³/mol. The van der Waals surface area contributed by atoms with E-state index in [1.165, 1.54) is 24.7 Å². The summed E-state index contributed by atoms with van der Waals surface area (Å²) < 4.78 is 13.8. The number of amides is 1. The number of carbonyl (C=O) groups excluding carboxylic acids is 1. The highest BCUT2D eigenvalue weighted by atomic mass is 19.1. The van der Waals surface area contributed by atoms with E-state index in [0.717, 1.165) is 12.8 Å². The van der Waals surface area contributed by atoms with Crippen LogP contribution in [-0.2, 0) is 5.54 Å². The number of hydrogen-bond donors (Lipinski definition) is 1. The quantitative estimate of drug-likeness (QED) is 0.915. The second kappa shape index (κ2) is 4.42. The summed E-state index contributed by atoms with van der Waals surface area (Å²) in [6, 6.07) is 6.52. The molecular formula is C14H12FN3O. The Kier molecular flexibility index (Phi) is 2.74. The Hall–Kier alpha value is -2.30. The van der Waals surface area contributed by atoms with E-state index < -0.39 is 5.54 Å². The summed E-state index contributed by atoms with van der Waals surface area (Å²) in [6.45, 7) is 0. The topological polar surface area (TPSA) is 54.9 Å². The Balaban J connectivity index is 1.84.